The third-order valence-corrected chi connectivity index (χ3v) is 3.85. The van der Waals surface area contributed by atoms with Crippen LogP contribution < -0.4 is 5.32 Å². The molecule has 1 saturated carbocycles. The second-order valence-electron chi connectivity index (χ2n) is 5.33. The van der Waals surface area contributed by atoms with E-state index in [1.54, 1.807) is 10.9 Å². The Bertz CT molecular complexity index is 570. The Morgan fingerprint density at radius 3 is 2.65 bits per heavy atom. The van der Waals surface area contributed by atoms with Crippen LogP contribution in [0.2, 0.25) is 0 Å². The van der Waals surface area contributed by atoms with Crippen LogP contribution in [0.3, 0.4) is 0 Å². The Morgan fingerprint density at radius 2 is 1.90 bits per heavy atom. The van der Waals surface area contributed by atoms with Crippen molar-refractivity contribution >= 4 is 11.6 Å². The molecule has 0 unspecified atom stereocenters. The predicted octanol–water partition coefficient (Wildman–Crippen LogP) is 3.39. The molecular formula is C16H19N3O. The van der Waals surface area contributed by atoms with Gasteiger partial charge in [0.15, 0.2) is 0 Å². The lowest BCUT2D eigenvalue weighted by molar-refractivity contribution is -0.120. The summed E-state index contributed by atoms with van der Waals surface area (Å²) in [5, 5.41) is 7.27. The summed E-state index contributed by atoms with van der Waals surface area (Å²) in [4.78, 5) is 12.2. The van der Waals surface area contributed by atoms with E-state index in [-0.39, 0.29) is 11.8 Å². The number of carbonyl (C=O) groups is 1. The molecule has 0 bridgehead atoms. The van der Waals surface area contributed by atoms with Crippen LogP contribution in [0.25, 0.3) is 5.69 Å². The monoisotopic (exact) mass is 269 g/mol. The SMILES string of the molecule is O=C(Nc1cnn(-c2ccccc2)c1)C1CCCCC1. The molecular weight excluding hydrogens is 250 g/mol. The fourth-order valence-corrected chi connectivity index (χ4v) is 2.72. The van der Waals surface area contributed by atoms with Crippen molar-refractivity contribution in [3.63, 3.8) is 0 Å². The van der Waals surface area contributed by atoms with Crippen LogP contribution in [0, 0.1) is 5.92 Å². The molecule has 4 heteroatoms. The highest BCUT2D eigenvalue weighted by atomic mass is 16.1. The summed E-state index contributed by atoms with van der Waals surface area (Å²) in [6.07, 6.45) is 9.18. The molecule has 1 aromatic carbocycles. The first-order chi connectivity index (χ1) is 9.83. The Labute approximate surface area is 118 Å². The lowest BCUT2D eigenvalue weighted by atomic mass is 9.89. The van der Waals surface area contributed by atoms with Crippen LogP contribution in [0.4, 0.5) is 5.69 Å². The number of nitrogens with one attached hydrogen (secondary N) is 1. The molecule has 0 radical (unpaired) electrons. The molecule has 3 rings (SSSR count). The molecule has 1 amide bonds. The molecule has 4 nitrogen and oxygen atoms in total. The van der Waals surface area contributed by atoms with Crippen molar-refractivity contribution in [2.45, 2.75) is 32.1 Å². The summed E-state index contributed by atoms with van der Waals surface area (Å²) >= 11 is 0. The minimum atomic E-state index is 0.136. The van der Waals surface area contributed by atoms with Crippen molar-refractivity contribution in [1.82, 2.24) is 9.78 Å². The molecule has 2 aromatic rings. The van der Waals surface area contributed by atoms with Crippen molar-refractivity contribution in [3.05, 3.63) is 42.7 Å². The van der Waals surface area contributed by atoms with Gasteiger partial charge in [-0.3, -0.25) is 4.79 Å². The Kier molecular flexibility index (Phi) is 3.81. The summed E-state index contributed by atoms with van der Waals surface area (Å²) in [5.74, 6) is 0.307. The molecule has 1 aliphatic rings. The molecule has 1 aliphatic carbocycles. The number of benzene rings is 1. The molecule has 20 heavy (non-hydrogen) atoms. The lowest BCUT2D eigenvalue weighted by Crippen LogP contribution is -2.24. The lowest BCUT2D eigenvalue weighted by Gasteiger charge is -2.20. The third kappa shape index (κ3) is 2.90. The first-order valence-electron chi connectivity index (χ1n) is 7.24. The van der Waals surface area contributed by atoms with Gasteiger partial charge in [0, 0.05) is 5.92 Å². The zero-order valence-corrected chi connectivity index (χ0v) is 11.5. The van der Waals surface area contributed by atoms with Gasteiger partial charge in [-0.25, -0.2) is 4.68 Å². The number of amides is 1. The van der Waals surface area contributed by atoms with Gasteiger partial charge in [-0.1, -0.05) is 37.5 Å². The van der Waals surface area contributed by atoms with E-state index in [2.05, 4.69) is 10.4 Å². The van der Waals surface area contributed by atoms with Crippen LogP contribution in [-0.2, 0) is 4.79 Å². The standard InChI is InChI=1S/C16H19N3O/c20-16(13-7-3-1-4-8-13)18-14-11-17-19(12-14)15-9-5-2-6-10-15/h2,5-6,9-13H,1,3-4,7-8H2,(H,18,20). The number of anilines is 1. The van der Waals surface area contributed by atoms with Crippen molar-refractivity contribution in [3.8, 4) is 5.69 Å². The van der Waals surface area contributed by atoms with Crippen LogP contribution in [0.15, 0.2) is 42.7 Å². The first-order valence-corrected chi connectivity index (χ1v) is 7.24. The zero-order valence-electron chi connectivity index (χ0n) is 11.5. The van der Waals surface area contributed by atoms with Gasteiger partial charge in [0.1, 0.15) is 0 Å². The van der Waals surface area contributed by atoms with E-state index in [1.165, 1.54) is 19.3 Å². The predicted molar refractivity (Wildman–Crippen MR) is 78.8 cm³/mol. The van der Waals surface area contributed by atoms with Crippen LogP contribution in [0.5, 0.6) is 0 Å². The molecule has 0 atom stereocenters. The van der Waals surface area contributed by atoms with Gasteiger partial charge in [0.05, 0.1) is 23.8 Å². The molecule has 1 aromatic heterocycles. The third-order valence-electron chi connectivity index (χ3n) is 3.85. The van der Waals surface area contributed by atoms with Gasteiger partial charge < -0.3 is 5.32 Å². The van der Waals surface area contributed by atoms with Gasteiger partial charge in [-0.15, -0.1) is 0 Å². The normalized spacial score (nSPS) is 16.0. The average molecular weight is 269 g/mol. The Balaban J connectivity index is 1.66. The number of aromatic nitrogens is 2. The molecule has 104 valence electrons. The topological polar surface area (TPSA) is 46.9 Å². The number of hydrogen-bond acceptors (Lipinski definition) is 2. The number of para-hydroxylation sites is 1. The quantitative estimate of drug-likeness (QED) is 0.928. The average Bonchev–Trinajstić information content (AvgIpc) is 2.97. The summed E-state index contributed by atoms with van der Waals surface area (Å²) in [5.41, 5.74) is 1.76. The van der Waals surface area contributed by atoms with Crippen LogP contribution >= 0.6 is 0 Å². The number of nitrogens with zero attached hydrogens (tertiary/aromatic N) is 2. The largest absolute Gasteiger partial charge is 0.323 e. The maximum atomic E-state index is 12.2. The van der Waals surface area contributed by atoms with E-state index in [0.717, 1.165) is 24.2 Å². The van der Waals surface area contributed by atoms with Crippen molar-refractivity contribution < 1.29 is 4.79 Å². The van der Waals surface area contributed by atoms with E-state index in [0.29, 0.717) is 0 Å². The summed E-state index contributed by atoms with van der Waals surface area (Å²) < 4.78 is 1.77. The van der Waals surface area contributed by atoms with Crippen molar-refractivity contribution in [2.24, 2.45) is 5.92 Å². The van der Waals surface area contributed by atoms with Gasteiger partial charge >= 0.3 is 0 Å². The number of carbonyl (C=O) groups excluding carboxylic acids is 1. The molecule has 0 saturated heterocycles. The van der Waals surface area contributed by atoms with Crippen LogP contribution in [0.1, 0.15) is 32.1 Å². The van der Waals surface area contributed by atoms with E-state index in [4.69, 9.17) is 0 Å². The van der Waals surface area contributed by atoms with Gasteiger partial charge in [-0.2, -0.15) is 5.10 Å². The summed E-state index contributed by atoms with van der Waals surface area (Å²) in [6.45, 7) is 0. The van der Waals surface area contributed by atoms with E-state index in [1.807, 2.05) is 36.5 Å². The number of rotatable bonds is 3. The maximum Gasteiger partial charge on any atom is 0.227 e. The van der Waals surface area contributed by atoms with E-state index < -0.39 is 0 Å². The van der Waals surface area contributed by atoms with Crippen LogP contribution in [-0.4, -0.2) is 15.7 Å². The van der Waals surface area contributed by atoms with E-state index in [9.17, 15) is 4.79 Å². The van der Waals surface area contributed by atoms with Crippen molar-refractivity contribution in [1.29, 1.82) is 0 Å². The summed E-state index contributed by atoms with van der Waals surface area (Å²) in [7, 11) is 0. The maximum absolute atomic E-state index is 12.2. The molecule has 1 heterocycles. The fraction of sp³-hybridized carbons (Fsp3) is 0.375. The molecule has 0 aliphatic heterocycles. The first kappa shape index (κ1) is 12.9. The van der Waals surface area contributed by atoms with Crippen molar-refractivity contribution in [2.75, 3.05) is 5.32 Å². The van der Waals surface area contributed by atoms with E-state index >= 15 is 0 Å². The molecule has 1 N–H and O–H groups in total. The summed E-state index contributed by atoms with van der Waals surface area (Å²) in [6, 6.07) is 9.88. The van der Waals surface area contributed by atoms with Gasteiger partial charge in [0.2, 0.25) is 5.91 Å². The Hall–Kier alpha value is -2.10. The minimum absolute atomic E-state index is 0.136. The smallest absolute Gasteiger partial charge is 0.227 e. The molecule has 0 spiro atoms. The second kappa shape index (κ2) is 5.90. The highest BCUT2D eigenvalue weighted by Crippen LogP contribution is 2.25. The fourth-order valence-electron chi connectivity index (χ4n) is 2.72. The highest BCUT2D eigenvalue weighted by molar-refractivity contribution is 5.92. The number of hydrogen-bond donors (Lipinski definition) is 1. The second-order valence-corrected chi connectivity index (χ2v) is 5.33. The van der Waals surface area contributed by atoms with Gasteiger partial charge in [-0.05, 0) is 25.0 Å². The van der Waals surface area contributed by atoms with Gasteiger partial charge in [0.25, 0.3) is 0 Å². The molecule has 1 fully saturated rings. The highest BCUT2D eigenvalue weighted by Gasteiger charge is 2.21. The Morgan fingerprint density at radius 1 is 1.15 bits per heavy atom. The zero-order chi connectivity index (χ0) is 13.8. The minimum Gasteiger partial charge on any atom is -0.323 e.